The summed E-state index contributed by atoms with van der Waals surface area (Å²) in [5.41, 5.74) is 6.82. The molecule has 2 N–H and O–H groups in total. The molecule has 0 radical (unpaired) electrons. The molecule has 0 heterocycles. The molecule has 0 saturated heterocycles. The average Bonchev–Trinajstić information content (AvgIpc) is 3.11. The molecule has 2 aliphatic carbocycles. The van der Waals surface area contributed by atoms with E-state index >= 15 is 0 Å². The van der Waals surface area contributed by atoms with Crippen molar-refractivity contribution in [2.75, 3.05) is 6.61 Å². The zero-order chi connectivity index (χ0) is 42.4. The minimum atomic E-state index is -0.437. The van der Waals surface area contributed by atoms with E-state index in [9.17, 15) is 19.8 Å². The van der Waals surface area contributed by atoms with Crippen LogP contribution in [0.15, 0.2) is 130 Å². The molecule has 57 heavy (non-hydrogen) atoms. The summed E-state index contributed by atoms with van der Waals surface area (Å²) in [7, 11) is 0. The molecule has 0 amide bonds. The predicted molar refractivity (Wildman–Crippen MR) is 242 cm³/mol. The fraction of sp³-hybridized carbons (Fsp3) is 0.538. The third-order valence-electron chi connectivity index (χ3n) is 11.2. The van der Waals surface area contributed by atoms with E-state index in [2.05, 4.69) is 91.8 Å². The van der Waals surface area contributed by atoms with Crippen LogP contribution in [0.5, 0.6) is 0 Å². The number of hydrogen-bond donors (Lipinski definition) is 2. The fourth-order valence-corrected chi connectivity index (χ4v) is 7.98. The first kappa shape index (κ1) is 49.3. The number of hydrogen-bond acceptors (Lipinski definition) is 5. The van der Waals surface area contributed by atoms with Gasteiger partial charge in [0.15, 0.2) is 5.78 Å². The number of carbonyl (C=O) groups is 2. The lowest BCUT2D eigenvalue weighted by Crippen LogP contribution is -2.32. The van der Waals surface area contributed by atoms with Gasteiger partial charge < -0.3 is 14.9 Å². The van der Waals surface area contributed by atoms with Crippen molar-refractivity contribution in [2.45, 2.75) is 158 Å². The van der Waals surface area contributed by atoms with Crippen LogP contribution in [0.2, 0.25) is 0 Å². The van der Waals surface area contributed by atoms with E-state index in [4.69, 9.17) is 4.74 Å². The van der Waals surface area contributed by atoms with E-state index in [1.807, 2.05) is 56.4 Å². The molecule has 5 nitrogen and oxygen atoms in total. The van der Waals surface area contributed by atoms with Gasteiger partial charge in [0.2, 0.25) is 0 Å². The molecular formula is C52H76O5. The summed E-state index contributed by atoms with van der Waals surface area (Å²) in [6.45, 7) is 21.0. The maximum atomic E-state index is 13.7. The van der Waals surface area contributed by atoms with Gasteiger partial charge in [0.1, 0.15) is 6.61 Å². The lowest BCUT2D eigenvalue weighted by molar-refractivity contribution is -0.137. The van der Waals surface area contributed by atoms with Crippen LogP contribution in [0.25, 0.3) is 0 Å². The summed E-state index contributed by atoms with van der Waals surface area (Å²) in [5, 5.41) is 20.5. The molecule has 0 aromatic rings. The fourth-order valence-electron chi connectivity index (χ4n) is 7.98. The number of unbranched alkanes of at least 4 members (excludes halogenated alkanes) is 7. The number of allylic oxidation sites excluding steroid dienone is 18. The number of aliphatic hydroxyl groups is 2. The molecule has 0 spiro atoms. The Labute approximate surface area is 347 Å². The predicted octanol–water partition coefficient (Wildman–Crippen LogP) is 13.0. The van der Waals surface area contributed by atoms with Crippen LogP contribution in [0.3, 0.4) is 0 Å². The monoisotopic (exact) mass is 781 g/mol. The molecule has 3 unspecified atom stereocenters. The number of ketones is 1. The van der Waals surface area contributed by atoms with Crippen LogP contribution in [0.4, 0.5) is 0 Å². The average molecular weight is 781 g/mol. The first-order valence-electron chi connectivity index (χ1n) is 21.5. The topological polar surface area (TPSA) is 83.8 Å². The summed E-state index contributed by atoms with van der Waals surface area (Å²) in [6.07, 6.45) is 40.5. The Bertz CT molecular complexity index is 1660. The van der Waals surface area contributed by atoms with Gasteiger partial charge in [0.25, 0.3) is 0 Å². The van der Waals surface area contributed by atoms with Crippen LogP contribution in [0.1, 0.15) is 146 Å². The van der Waals surface area contributed by atoms with Gasteiger partial charge in [-0.2, -0.15) is 0 Å². The van der Waals surface area contributed by atoms with Crippen molar-refractivity contribution in [3.63, 3.8) is 0 Å². The van der Waals surface area contributed by atoms with Crippen molar-refractivity contribution in [1.82, 2.24) is 0 Å². The van der Waals surface area contributed by atoms with Crippen molar-refractivity contribution in [3.8, 4) is 0 Å². The smallest absolute Gasteiger partial charge is 0.330 e. The third kappa shape index (κ3) is 19.5. The number of aliphatic hydroxyl groups excluding tert-OH is 2. The minimum Gasteiger partial charge on any atom is -0.458 e. The van der Waals surface area contributed by atoms with Crippen molar-refractivity contribution in [3.05, 3.63) is 130 Å². The van der Waals surface area contributed by atoms with Crippen molar-refractivity contribution >= 4 is 11.8 Å². The number of carbonyl (C=O) groups excluding carboxylic acids is 2. The van der Waals surface area contributed by atoms with Gasteiger partial charge in [-0.1, -0.05) is 192 Å². The SMILES string of the molecule is CCCCCCCCCC=CC(=O)OCC(=C/C=C/C(C)=C/C=C/C=C(C)/C=C/C=C(C)/C=C/C1C(C)=CC(O)CC1(C)C)C(=O)CC1=C(C)CC(O)CC1(C)C. The third-order valence-corrected chi connectivity index (χ3v) is 11.2. The summed E-state index contributed by atoms with van der Waals surface area (Å²) in [6, 6.07) is 0. The maximum absolute atomic E-state index is 13.7. The molecule has 5 heteroatoms. The Morgan fingerprint density at radius 2 is 1.35 bits per heavy atom. The van der Waals surface area contributed by atoms with Crippen LogP contribution >= 0.6 is 0 Å². The van der Waals surface area contributed by atoms with Crippen molar-refractivity contribution in [2.24, 2.45) is 16.7 Å². The Morgan fingerprint density at radius 3 is 1.96 bits per heavy atom. The molecule has 314 valence electrons. The maximum Gasteiger partial charge on any atom is 0.330 e. The van der Waals surface area contributed by atoms with Crippen LogP contribution < -0.4 is 0 Å². The summed E-state index contributed by atoms with van der Waals surface area (Å²) >= 11 is 0. The van der Waals surface area contributed by atoms with Crippen LogP contribution in [-0.4, -0.2) is 40.8 Å². The number of Topliss-reactive ketones (excluding diaryl/α,β-unsaturated/α-hetero) is 1. The zero-order valence-electron chi connectivity index (χ0n) is 37.2. The van der Waals surface area contributed by atoms with Crippen molar-refractivity contribution < 1.29 is 24.5 Å². The van der Waals surface area contributed by atoms with Gasteiger partial charge in [-0.25, -0.2) is 4.79 Å². The largest absolute Gasteiger partial charge is 0.458 e. The molecule has 3 atom stereocenters. The summed E-state index contributed by atoms with van der Waals surface area (Å²) in [4.78, 5) is 26.3. The number of esters is 1. The molecular weight excluding hydrogens is 705 g/mol. The second-order valence-corrected chi connectivity index (χ2v) is 17.8. The van der Waals surface area contributed by atoms with Gasteiger partial charge in [0.05, 0.1) is 12.2 Å². The van der Waals surface area contributed by atoms with Gasteiger partial charge in [-0.15, -0.1) is 0 Å². The van der Waals surface area contributed by atoms with Crippen LogP contribution in [0, 0.1) is 16.7 Å². The highest BCUT2D eigenvalue weighted by molar-refractivity contribution is 5.98. The molecule has 0 aliphatic heterocycles. The molecule has 0 aromatic carbocycles. The van der Waals surface area contributed by atoms with Crippen molar-refractivity contribution in [1.29, 1.82) is 0 Å². The normalized spacial score (nSPS) is 22.5. The highest BCUT2D eigenvalue weighted by Crippen LogP contribution is 2.43. The molecule has 0 aromatic heterocycles. The van der Waals surface area contributed by atoms with Gasteiger partial charge >= 0.3 is 5.97 Å². The molecule has 0 saturated carbocycles. The van der Waals surface area contributed by atoms with Crippen LogP contribution in [-0.2, 0) is 14.3 Å². The quantitative estimate of drug-likeness (QED) is 0.0376. The molecule has 2 rings (SSSR count). The molecule has 0 bridgehead atoms. The van der Waals surface area contributed by atoms with E-state index < -0.39 is 12.1 Å². The zero-order valence-corrected chi connectivity index (χ0v) is 37.2. The highest BCUT2D eigenvalue weighted by Gasteiger charge is 2.35. The minimum absolute atomic E-state index is 0.0219. The van der Waals surface area contributed by atoms with E-state index in [-0.39, 0.29) is 35.7 Å². The first-order valence-corrected chi connectivity index (χ1v) is 21.5. The van der Waals surface area contributed by atoms with Gasteiger partial charge in [-0.3, -0.25) is 4.79 Å². The Kier molecular flexibility index (Phi) is 22.1. The van der Waals surface area contributed by atoms with Gasteiger partial charge in [0, 0.05) is 24.0 Å². The Morgan fingerprint density at radius 1 is 0.772 bits per heavy atom. The standard InChI is InChI=1S/C52H76O5/c1-11-12-13-14-15-16-17-18-19-30-50(56)57-38-44(49(55)35-48-43(6)34-46(54)37-52(48,9)10)29-23-28-40(3)25-21-20-24-39(2)26-22-27-41(4)31-32-47-42(5)33-45(53)36-51(47,7)8/h19-33,45-47,53-54H,11-18,34-38H2,1-10H3/b21-20+,26-22+,28-23+,30-19?,32-31+,39-24+,40-25+,41-27+,44-29?. The second kappa shape index (κ2) is 25.5. The molecule has 0 fully saturated rings. The lowest BCUT2D eigenvalue weighted by atomic mass is 9.67. The Balaban J connectivity index is 2.05. The highest BCUT2D eigenvalue weighted by atomic mass is 16.5. The van der Waals surface area contributed by atoms with Gasteiger partial charge in [-0.05, 0) is 77.6 Å². The lowest BCUT2D eigenvalue weighted by Gasteiger charge is -2.38. The first-order chi connectivity index (χ1) is 26.9. The molecule has 2 aliphatic rings. The number of rotatable bonds is 22. The number of ether oxygens (including phenoxy) is 1. The summed E-state index contributed by atoms with van der Waals surface area (Å²) < 4.78 is 5.58. The van der Waals surface area contributed by atoms with E-state index in [0.717, 1.165) is 41.6 Å². The summed E-state index contributed by atoms with van der Waals surface area (Å²) in [5.74, 6) is -0.199. The van der Waals surface area contributed by atoms with E-state index in [1.54, 1.807) is 6.08 Å². The second-order valence-electron chi connectivity index (χ2n) is 17.8. The van der Waals surface area contributed by atoms with E-state index in [1.165, 1.54) is 55.7 Å². The van der Waals surface area contributed by atoms with E-state index in [0.29, 0.717) is 24.3 Å². The Hall–Kier alpha value is -3.80.